The summed E-state index contributed by atoms with van der Waals surface area (Å²) in [6.07, 6.45) is 0. The molecule has 4 heteroatoms. The maximum atomic E-state index is 13.0. The van der Waals surface area contributed by atoms with Crippen LogP contribution in [-0.2, 0) is 4.79 Å². The van der Waals surface area contributed by atoms with Gasteiger partial charge < -0.3 is 10.6 Å². The van der Waals surface area contributed by atoms with E-state index in [1.54, 1.807) is 12.1 Å². The van der Waals surface area contributed by atoms with Gasteiger partial charge in [-0.25, -0.2) is 0 Å². The lowest BCUT2D eigenvalue weighted by Crippen LogP contribution is -2.50. The van der Waals surface area contributed by atoms with Gasteiger partial charge in [-0.2, -0.15) is 0 Å². The molecule has 0 bridgehead atoms. The predicted octanol–water partition coefficient (Wildman–Crippen LogP) is 4.39. The summed E-state index contributed by atoms with van der Waals surface area (Å²) in [5.41, 5.74) is 2.82. The van der Waals surface area contributed by atoms with Gasteiger partial charge in [0, 0.05) is 18.0 Å². The molecule has 1 atom stereocenters. The molecule has 0 radical (unpaired) electrons. The van der Waals surface area contributed by atoms with Crippen molar-refractivity contribution < 1.29 is 9.59 Å². The Hall–Kier alpha value is -3.40. The summed E-state index contributed by atoms with van der Waals surface area (Å²) in [6.45, 7) is 4.32. The zero-order chi connectivity index (χ0) is 21.3. The van der Waals surface area contributed by atoms with Crippen LogP contribution < -0.4 is 10.6 Å². The van der Waals surface area contributed by atoms with Gasteiger partial charge in [0.05, 0.1) is 0 Å². The molecule has 0 spiro atoms. The van der Waals surface area contributed by atoms with Gasteiger partial charge in [-0.05, 0) is 29.2 Å². The maximum absolute atomic E-state index is 13.0. The summed E-state index contributed by atoms with van der Waals surface area (Å²) in [6, 6.07) is 28.6. The molecule has 0 aromatic heterocycles. The molecular formula is C26H28N2O2. The minimum atomic E-state index is -0.607. The zero-order valence-corrected chi connectivity index (χ0v) is 17.4. The van der Waals surface area contributed by atoms with Crippen LogP contribution in [0.4, 0.5) is 0 Å². The highest BCUT2D eigenvalue weighted by Gasteiger charge is 2.25. The third kappa shape index (κ3) is 5.57. The molecule has 3 rings (SSSR count). The first-order valence-electron chi connectivity index (χ1n) is 10.3. The number of rotatable bonds is 8. The molecule has 2 N–H and O–H groups in total. The Morgan fingerprint density at radius 3 is 1.67 bits per heavy atom. The summed E-state index contributed by atoms with van der Waals surface area (Å²) >= 11 is 0. The minimum Gasteiger partial charge on any atom is -0.353 e. The van der Waals surface area contributed by atoms with Gasteiger partial charge in [0.25, 0.3) is 5.91 Å². The van der Waals surface area contributed by atoms with Gasteiger partial charge in [0.15, 0.2) is 0 Å². The molecule has 0 heterocycles. The van der Waals surface area contributed by atoms with Crippen molar-refractivity contribution in [3.8, 4) is 0 Å². The lowest BCUT2D eigenvalue weighted by molar-refractivity contribution is -0.123. The van der Waals surface area contributed by atoms with Crippen molar-refractivity contribution in [2.75, 3.05) is 6.54 Å². The van der Waals surface area contributed by atoms with Crippen molar-refractivity contribution in [1.29, 1.82) is 0 Å². The highest BCUT2D eigenvalue weighted by molar-refractivity contribution is 5.97. The minimum absolute atomic E-state index is 0.0361. The van der Waals surface area contributed by atoms with Gasteiger partial charge in [-0.15, -0.1) is 0 Å². The third-order valence-corrected chi connectivity index (χ3v) is 5.16. The van der Waals surface area contributed by atoms with Crippen molar-refractivity contribution in [2.45, 2.75) is 25.8 Å². The van der Waals surface area contributed by atoms with E-state index in [1.807, 2.05) is 68.4 Å². The summed E-state index contributed by atoms with van der Waals surface area (Å²) < 4.78 is 0. The number of benzene rings is 3. The number of hydrogen-bond donors (Lipinski definition) is 2. The second-order valence-corrected chi connectivity index (χ2v) is 7.68. The molecule has 4 nitrogen and oxygen atoms in total. The average Bonchev–Trinajstić information content (AvgIpc) is 2.79. The largest absolute Gasteiger partial charge is 0.353 e. The monoisotopic (exact) mass is 400 g/mol. The van der Waals surface area contributed by atoms with E-state index < -0.39 is 6.04 Å². The molecule has 30 heavy (non-hydrogen) atoms. The van der Waals surface area contributed by atoms with Gasteiger partial charge in [0.1, 0.15) is 6.04 Å². The van der Waals surface area contributed by atoms with E-state index in [-0.39, 0.29) is 23.7 Å². The summed E-state index contributed by atoms with van der Waals surface area (Å²) in [4.78, 5) is 25.5. The number of carbonyl (C=O) groups excluding carboxylic acids is 2. The first-order valence-corrected chi connectivity index (χ1v) is 10.3. The fraction of sp³-hybridized carbons (Fsp3) is 0.231. The molecule has 0 saturated heterocycles. The quantitative estimate of drug-likeness (QED) is 0.589. The van der Waals surface area contributed by atoms with Crippen LogP contribution in [0.1, 0.15) is 41.3 Å². The van der Waals surface area contributed by atoms with Crippen molar-refractivity contribution in [2.24, 2.45) is 5.92 Å². The Balaban J connectivity index is 1.72. The van der Waals surface area contributed by atoms with Crippen LogP contribution in [0, 0.1) is 5.92 Å². The van der Waals surface area contributed by atoms with Gasteiger partial charge in [0.2, 0.25) is 5.91 Å². The van der Waals surface area contributed by atoms with E-state index in [0.717, 1.165) is 11.1 Å². The fourth-order valence-electron chi connectivity index (χ4n) is 3.46. The Morgan fingerprint density at radius 1 is 0.733 bits per heavy atom. The molecule has 0 aliphatic rings. The normalized spacial score (nSPS) is 11.9. The lowest BCUT2D eigenvalue weighted by Gasteiger charge is -2.24. The molecule has 2 amide bonds. The van der Waals surface area contributed by atoms with E-state index in [1.165, 1.54) is 0 Å². The Bertz CT molecular complexity index is 901. The highest BCUT2D eigenvalue weighted by Crippen LogP contribution is 2.23. The molecule has 0 aliphatic carbocycles. The molecule has 0 fully saturated rings. The SMILES string of the molecule is CC(C)C(NC(=O)c1ccccc1)C(=O)NCC(c1ccccc1)c1ccccc1. The second-order valence-electron chi connectivity index (χ2n) is 7.68. The van der Waals surface area contributed by atoms with Crippen LogP contribution in [0.3, 0.4) is 0 Å². The Labute approximate surface area is 178 Å². The first kappa shape index (κ1) is 21.3. The maximum Gasteiger partial charge on any atom is 0.251 e. The van der Waals surface area contributed by atoms with Crippen molar-refractivity contribution >= 4 is 11.8 Å². The average molecular weight is 401 g/mol. The van der Waals surface area contributed by atoms with Crippen molar-refractivity contribution in [1.82, 2.24) is 10.6 Å². The number of amides is 2. The second kappa shape index (κ2) is 10.4. The topological polar surface area (TPSA) is 58.2 Å². The summed E-state index contributed by atoms with van der Waals surface area (Å²) in [5.74, 6) is -0.420. The van der Waals surface area contributed by atoms with Crippen LogP contribution in [0.25, 0.3) is 0 Å². The molecule has 1 unspecified atom stereocenters. The Kier molecular flexibility index (Phi) is 7.39. The first-order chi connectivity index (χ1) is 14.6. The summed E-state index contributed by atoms with van der Waals surface area (Å²) in [5, 5.41) is 5.95. The van der Waals surface area contributed by atoms with E-state index >= 15 is 0 Å². The number of hydrogen-bond acceptors (Lipinski definition) is 2. The molecular weight excluding hydrogens is 372 g/mol. The van der Waals surface area contributed by atoms with E-state index in [2.05, 4.69) is 34.9 Å². The lowest BCUT2D eigenvalue weighted by atomic mass is 9.91. The van der Waals surface area contributed by atoms with E-state index in [4.69, 9.17) is 0 Å². The molecule has 0 saturated carbocycles. The van der Waals surface area contributed by atoms with Crippen molar-refractivity contribution in [3.63, 3.8) is 0 Å². The Morgan fingerprint density at radius 2 is 1.20 bits per heavy atom. The van der Waals surface area contributed by atoms with Crippen molar-refractivity contribution in [3.05, 3.63) is 108 Å². The zero-order valence-electron chi connectivity index (χ0n) is 17.4. The van der Waals surface area contributed by atoms with Crippen LogP contribution in [0.2, 0.25) is 0 Å². The van der Waals surface area contributed by atoms with E-state index in [9.17, 15) is 9.59 Å². The molecule has 154 valence electrons. The molecule has 3 aromatic carbocycles. The highest BCUT2D eigenvalue weighted by atomic mass is 16.2. The van der Waals surface area contributed by atoms with Gasteiger partial charge in [-0.1, -0.05) is 92.7 Å². The molecule has 0 aliphatic heterocycles. The predicted molar refractivity (Wildman–Crippen MR) is 120 cm³/mol. The molecule has 3 aromatic rings. The fourth-order valence-corrected chi connectivity index (χ4v) is 3.46. The third-order valence-electron chi connectivity index (χ3n) is 5.16. The van der Waals surface area contributed by atoms with Gasteiger partial charge in [-0.3, -0.25) is 9.59 Å². The summed E-state index contributed by atoms with van der Waals surface area (Å²) in [7, 11) is 0. The standard InChI is InChI=1S/C26H28N2O2/c1-19(2)24(28-25(29)22-16-10-5-11-17-22)26(30)27-18-23(20-12-6-3-7-13-20)21-14-8-4-9-15-21/h3-17,19,23-24H,18H2,1-2H3,(H,27,30)(H,28,29). The number of nitrogens with one attached hydrogen (secondary N) is 2. The van der Waals surface area contributed by atoms with Crippen LogP contribution in [-0.4, -0.2) is 24.4 Å². The van der Waals surface area contributed by atoms with Crippen LogP contribution >= 0.6 is 0 Å². The van der Waals surface area contributed by atoms with Crippen LogP contribution in [0.15, 0.2) is 91.0 Å². The number of carbonyl (C=O) groups is 2. The van der Waals surface area contributed by atoms with E-state index in [0.29, 0.717) is 12.1 Å². The van der Waals surface area contributed by atoms with Crippen LogP contribution in [0.5, 0.6) is 0 Å². The van der Waals surface area contributed by atoms with Gasteiger partial charge >= 0.3 is 0 Å². The smallest absolute Gasteiger partial charge is 0.251 e.